The molecule has 1 N–H and O–H groups in total. The van der Waals surface area contributed by atoms with Gasteiger partial charge in [0.1, 0.15) is 5.75 Å². The monoisotopic (exact) mass is 326 g/mol. The topological polar surface area (TPSA) is 55.1 Å². The molecular weight excluding hydrogens is 312 g/mol. The van der Waals surface area contributed by atoms with Crippen molar-refractivity contribution in [2.45, 2.75) is 13.8 Å². The van der Waals surface area contributed by atoms with E-state index in [1.165, 1.54) is 10.7 Å². The summed E-state index contributed by atoms with van der Waals surface area (Å²) in [5, 5.41) is 14.9. The predicted octanol–water partition coefficient (Wildman–Crippen LogP) is 4.21. The van der Waals surface area contributed by atoms with Crippen LogP contribution in [0.3, 0.4) is 0 Å². The highest BCUT2D eigenvalue weighted by atomic mass is 35.5. The number of hydrogen-bond acceptors (Lipinski definition) is 3. The van der Waals surface area contributed by atoms with Crippen molar-refractivity contribution in [2.24, 2.45) is 0 Å². The number of aromatic nitrogens is 2. The summed E-state index contributed by atoms with van der Waals surface area (Å²) >= 11 is 5.99. The van der Waals surface area contributed by atoms with E-state index in [1.54, 1.807) is 24.4 Å². The molecular formula is C18H15ClN2O2. The van der Waals surface area contributed by atoms with Crippen molar-refractivity contribution in [1.29, 1.82) is 0 Å². The Morgan fingerprint density at radius 1 is 1.17 bits per heavy atom. The van der Waals surface area contributed by atoms with Crippen molar-refractivity contribution in [1.82, 2.24) is 9.78 Å². The quantitative estimate of drug-likeness (QED) is 0.767. The zero-order valence-corrected chi connectivity index (χ0v) is 13.5. The number of phenolic OH excluding ortho intramolecular Hbond substituents is 1. The molecule has 0 spiro atoms. The minimum Gasteiger partial charge on any atom is -0.507 e. The molecule has 0 radical (unpaired) electrons. The van der Waals surface area contributed by atoms with Crippen LogP contribution in [0.15, 0.2) is 48.7 Å². The first kappa shape index (κ1) is 15.3. The predicted molar refractivity (Wildman–Crippen MR) is 90.0 cm³/mol. The third kappa shape index (κ3) is 2.98. The third-order valence-corrected chi connectivity index (χ3v) is 3.82. The first-order valence-corrected chi connectivity index (χ1v) is 7.50. The van der Waals surface area contributed by atoms with Gasteiger partial charge in [-0.3, -0.25) is 4.79 Å². The van der Waals surface area contributed by atoms with E-state index in [0.717, 1.165) is 11.1 Å². The third-order valence-electron chi connectivity index (χ3n) is 3.58. The van der Waals surface area contributed by atoms with E-state index in [4.69, 9.17) is 11.6 Å². The van der Waals surface area contributed by atoms with E-state index in [0.29, 0.717) is 21.8 Å². The second-order valence-corrected chi connectivity index (χ2v) is 5.88. The normalized spacial score (nSPS) is 10.7. The molecule has 0 amide bonds. The molecule has 0 saturated heterocycles. The Hall–Kier alpha value is -2.59. The first-order valence-electron chi connectivity index (χ1n) is 7.12. The lowest BCUT2D eigenvalue weighted by atomic mass is 10.1. The molecule has 4 nitrogen and oxygen atoms in total. The summed E-state index contributed by atoms with van der Waals surface area (Å²) in [7, 11) is 0. The fourth-order valence-electron chi connectivity index (χ4n) is 2.44. The molecule has 5 heteroatoms. The lowest BCUT2D eigenvalue weighted by molar-refractivity contribution is 0.0945. The number of hydrogen-bond donors (Lipinski definition) is 1. The number of nitrogens with zero attached hydrogens (tertiary/aromatic N) is 2. The minimum absolute atomic E-state index is 0.0748. The summed E-state index contributed by atoms with van der Waals surface area (Å²) in [5.41, 5.74) is 3.39. The zero-order chi connectivity index (χ0) is 16.6. The van der Waals surface area contributed by atoms with Gasteiger partial charge in [0.2, 0.25) is 0 Å². The van der Waals surface area contributed by atoms with Crippen LogP contribution in [0, 0.1) is 13.8 Å². The summed E-state index contributed by atoms with van der Waals surface area (Å²) in [4.78, 5) is 12.6. The van der Waals surface area contributed by atoms with Crippen LogP contribution in [0.4, 0.5) is 0 Å². The number of halogens is 1. The zero-order valence-electron chi connectivity index (χ0n) is 12.7. The number of carbonyl (C=O) groups is 1. The van der Waals surface area contributed by atoms with Crippen LogP contribution in [0.25, 0.3) is 11.3 Å². The van der Waals surface area contributed by atoms with Crippen molar-refractivity contribution in [2.75, 3.05) is 0 Å². The maximum absolute atomic E-state index is 12.6. The fourth-order valence-corrected chi connectivity index (χ4v) is 2.61. The summed E-state index contributed by atoms with van der Waals surface area (Å²) in [6.45, 7) is 3.77. The Labute approximate surface area is 139 Å². The van der Waals surface area contributed by atoms with E-state index < -0.39 is 0 Å². The van der Waals surface area contributed by atoms with Gasteiger partial charge in [-0.05, 0) is 49.7 Å². The van der Waals surface area contributed by atoms with Gasteiger partial charge in [0.15, 0.2) is 0 Å². The van der Waals surface area contributed by atoms with Crippen LogP contribution in [0.2, 0.25) is 5.02 Å². The molecule has 0 aliphatic rings. The number of aromatic hydroxyl groups is 1. The fraction of sp³-hybridized carbons (Fsp3) is 0.111. The van der Waals surface area contributed by atoms with Gasteiger partial charge < -0.3 is 5.11 Å². The molecule has 0 aliphatic heterocycles. The second-order valence-electron chi connectivity index (χ2n) is 5.44. The van der Waals surface area contributed by atoms with Crippen LogP contribution in [0.5, 0.6) is 5.75 Å². The summed E-state index contributed by atoms with van der Waals surface area (Å²) < 4.78 is 1.29. The van der Waals surface area contributed by atoms with Crippen LogP contribution in [0.1, 0.15) is 21.5 Å². The standard InChI is InChI=1S/C18H15ClN2O2/c1-11-4-3-5-13(8-11)18(23)21-10-12(2)17(20-21)15-9-14(19)6-7-16(15)22/h3-10,22H,1-2H3. The van der Waals surface area contributed by atoms with Crippen molar-refractivity contribution >= 4 is 17.5 Å². The molecule has 0 unspecified atom stereocenters. The summed E-state index contributed by atoms with van der Waals surface area (Å²) in [5.74, 6) is -0.143. The van der Waals surface area contributed by atoms with Crippen LogP contribution in [-0.2, 0) is 0 Å². The van der Waals surface area contributed by atoms with E-state index in [1.807, 2.05) is 32.0 Å². The summed E-state index contributed by atoms with van der Waals surface area (Å²) in [6.07, 6.45) is 1.65. The highest BCUT2D eigenvalue weighted by molar-refractivity contribution is 6.31. The maximum atomic E-state index is 12.6. The van der Waals surface area contributed by atoms with E-state index >= 15 is 0 Å². The number of benzene rings is 2. The smallest absolute Gasteiger partial charge is 0.278 e. The maximum Gasteiger partial charge on any atom is 0.278 e. The molecule has 0 atom stereocenters. The molecule has 0 aliphatic carbocycles. The largest absolute Gasteiger partial charge is 0.507 e. The summed E-state index contributed by atoms with van der Waals surface area (Å²) in [6, 6.07) is 12.1. The van der Waals surface area contributed by atoms with Gasteiger partial charge in [0.05, 0.1) is 5.69 Å². The lowest BCUT2D eigenvalue weighted by Crippen LogP contribution is -2.12. The lowest BCUT2D eigenvalue weighted by Gasteiger charge is -2.04. The molecule has 3 aromatic rings. The average molecular weight is 327 g/mol. The highest BCUT2D eigenvalue weighted by Gasteiger charge is 2.16. The van der Waals surface area contributed by atoms with Crippen molar-refractivity contribution in [3.8, 4) is 17.0 Å². The Bertz CT molecular complexity index is 900. The molecule has 1 heterocycles. The van der Waals surface area contributed by atoms with Gasteiger partial charge in [-0.15, -0.1) is 0 Å². The second kappa shape index (κ2) is 5.89. The molecule has 0 fully saturated rings. The number of aryl methyl sites for hydroxylation is 2. The SMILES string of the molecule is Cc1cccc(C(=O)n2cc(C)c(-c3cc(Cl)ccc3O)n2)c1. The van der Waals surface area contributed by atoms with Crippen molar-refractivity contribution in [3.63, 3.8) is 0 Å². The molecule has 116 valence electrons. The Morgan fingerprint density at radius 3 is 2.70 bits per heavy atom. The minimum atomic E-state index is -0.218. The molecule has 0 bridgehead atoms. The van der Waals surface area contributed by atoms with Crippen molar-refractivity contribution < 1.29 is 9.90 Å². The number of phenols is 1. The Balaban J connectivity index is 2.04. The molecule has 23 heavy (non-hydrogen) atoms. The van der Waals surface area contributed by atoms with E-state index in [9.17, 15) is 9.90 Å². The highest BCUT2D eigenvalue weighted by Crippen LogP contribution is 2.32. The molecule has 2 aromatic carbocycles. The Kier molecular flexibility index (Phi) is 3.92. The van der Waals surface area contributed by atoms with Crippen LogP contribution in [-0.4, -0.2) is 20.8 Å². The number of carbonyl (C=O) groups excluding carboxylic acids is 1. The van der Waals surface area contributed by atoms with Crippen LogP contribution < -0.4 is 0 Å². The van der Waals surface area contributed by atoms with Gasteiger partial charge in [-0.25, -0.2) is 4.68 Å². The van der Waals surface area contributed by atoms with E-state index in [-0.39, 0.29) is 11.7 Å². The molecule has 3 rings (SSSR count). The van der Waals surface area contributed by atoms with Gasteiger partial charge in [-0.1, -0.05) is 29.3 Å². The van der Waals surface area contributed by atoms with Crippen LogP contribution >= 0.6 is 11.6 Å². The van der Waals surface area contributed by atoms with Gasteiger partial charge in [-0.2, -0.15) is 5.10 Å². The van der Waals surface area contributed by atoms with Gasteiger partial charge in [0.25, 0.3) is 5.91 Å². The average Bonchev–Trinajstić information content (AvgIpc) is 2.90. The van der Waals surface area contributed by atoms with Gasteiger partial charge in [0, 0.05) is 22.3 Å². The Morgan fingerprint density at radius 2 is 1.96 bits per heavy atom. The van der Waals surface area contributed by atoms with E-state index in [2.05, 4.69) is 5.10 Å². The van der Waals surface area contributed by atoms with Gasteiger partial charge >= 0.3 is 0 Å². The first-order chi connectivity index (χ1) is 11.0. The number of rotatable bonds is 2. The molecule has 1 aromatic heterocycles. The van der Waals surface area contributed by atoms with Crippen molar-refractivity contribution in [3.05, 3.63) is 70.4 Å². The molecule has 0 saturated carbocycles.